The second kappa shape index (κ2) is 5.29. The van der Waals surface area contributed by atoms with Crippen LogP contribution in [0.5, 0.6) is 5.75 Å². The Morgan fingerprint density at radius 2 is 2.26 bits per heavy atom. The van der Waals surface area contributed by atoms with Crippen LogP contribution in [0.4, 0.5) is 4.39 Å². The number of hydrogen-bond acceptors (Lipinski definition) is 3. The SMILES string of the molecule is COc1ccc(F)cc1C(=O)C1(N)CCCC(C)C1. The van der Waals surface area contributed by atoms with Crippen LogP contribution in [0.2, 0.25) is 0 Å². The molecule has 0 saturated heterocycles. The molecule has 3 nitrogen and oxygen atoms in total. The van der Waals surface area contributed by atoms with Crippen LogP contribution < -0.4 is 10.5 Å². The summed E-state index contributed by atoms with van der Waals surface area (Å²) in [5, 5.41) is 0. The van der Waals surface area contributed by atoms with Crippen molar-refractivity contribution in [1.82, 2.24) is 0 Å². The molecule has 1 aromatic carbocycles. The second-order valence-electron chi connectivity index (χ2n) is 5.53. The van der Waals surface area contributed by atoms with Crippen LogP contribution in [0.1, 0.15) is 43.0 Å². The highest BCUT2D eigenvalue weighted by atomic mass is 19.1. The Balaban J connectivity index is 2.35. The number of methoxy groups -OCH3 is 1. The van der Waals surface area contributed by atoms with E-state index < -0.39 is 11.4 Å². The van der Waals surface area contributed by atoms with Gasteiger partial charge in [-0.3, -0.25) is 4.79 Å². The molecule has 0 heterocycles. The number of rotatable bonds is 3. The van der Waals surface area contributed by atoms with Gasteiger partial charge in [-0.05, 0) is 37.0 Å². The molecule has 2 rings (SSSR count). The zero-order valence-corrected chi connectivity index (χ0v) is 11.4. The van der Waals surface area contributed by atoms with E-state index in [0.717, 1.165) is 12.8 Å². The Hall–Kier alpha value is -1.42. The lowest BCUT2D eigenvalue weighted by molar-refractivity contribution is 0.0816. The van der Waals surface area contributed by atoms with Crippen molar-refractivity contribution in [1.29, 1.82) is 0 Å². The molecule has 4 heteroatoms. The van der Waals surface area contributed by atoms with Gasteiger partial charge in [0, 0.05) is 0 Å². The van der Waals surface area contributed by atoms with E-state index in [1.807, 2.05) is 0 Å². The van der Waals surface area contributed by atoms with Crippen LogP contribution >= 0.6 is 0 Å². The molecule has 0 amide bonds. The van der Waals surface area contributed by atoms with Gasteiger partial charge in [-0.1, -0.05) is 19.8 Å². The number of carbonyl (C=O) groups excluding carboxylic acids is 1. The van der Waals surface area contributed by atoms with Crippen molar-refractivity contribution in [3.8, 4) is 5.75 Å². The highest BCUT2D eigenvalue weighted by molar-refractivity contribution is 6.05. The lowest BCUT2D eigenvalue weighted by Gasteiger charge is -2.35. The fourth-order valence-corrected chi connectivity index (χ4v) is 2.92. The van der Waals surface area contributed by atoms with E-state index in [0.29, 0.717) is 24.5 Å². The fourth-order valence-electron chi connectivity index (χ4n) is 2.92. The zero-order valence-electron chi connectivity index (χ0n) is 11.4. The Morgan fingerprint density at radius 1 is 1.53 bits per heavy atom. The van der Waals surface area contributed by atoms with Crippen molar-refractivity contribution >= 4 is 5.78 Å². The van der Waals surface area contributed by atoms with Crippen molar-refractivity contribution in [3.05, 3.63) is 29.6 Å². The summed E-state index contributed by atoms with van der Waals surface area (Å²) in [5.74, 6) is 0.142. The minimum atomic E-state index is -0.890. The molecule has 1 aliphatic rings. The summed E-state index contributed by atoms with van der Waals surface area (Å²) < 4.78 is 18.5. The standard InChI is InChI=1S/C15H20FNO2/c1-10-4-3-7-15(17,9-10)14(18)12-8-11(16)5-6-13(12)19-2/h5-6,8,10H,3-4,7,9,17H2,1-2H3. The number of benzene rings is 1. The predicted molar refractivity (Wildman–Crippen MR) is 71.8 cm³/mol. The van der Waals surface area contributed by atoms with Gasteiger partial charge in [0.2, 0.25) is 0 Å². The summed E-state index contributed by atoms with van der Waals surface area (Å²) in [6, 6.07) is 3.97. The smallest absolute Gasteiger partial charge is 0.186 e. The van der Waals surface area contributed by atoms with Crippen molar-refractivity contribution in [2.75, 3.05) is 7.11 Å². The quantitative estimate of drug-likeness (QED) is 0.855. The molecule has 2 unspecified atom stereocenters. The van der Waals surface area contributed by atoms with Crippen molar-refractivity contribution < 1.29 is 13.9 Å². The molecule has 0 aliphatic heterocycles. The van der Waals surface area contributed by atoms with E-state index in [2.05, 4.69) is 6.92 Å². The predicted octanol–water partition coefficient (Wildman–Crippen LogP) is 2.92. The van der Waals surface area contributed by atoms with E-state index in [-0.39, 0.29) is 11.3 Å². The summed E-state index contributed by atoms with van der Waals surface area (Å²) >= 11 is 0. The number of halogens is 1. The Bertz CT molecular complexity index is 489. The number of ether oxygens (including phenoxy) is 1. The summed E-state index contributed by atoms with van der Waals surface area (Å²) in [6.07, 6.45) is 3.31. The van der Waals surface area contributed by atoms with Crippen LogP contribution in [0, 0.1) is 11.7 Å². The molecular weight excluding hydrogens is 245 g/mol. The van der Waals surface area contributed by atoms with E-state index in [1.165, 1.54) is 25.3 Å². The topological polar surface area (TPSA) is 52.3 Å². The molecule has 0 radical (unpaired) electrons. The maximum absolute atomic E-state index is 13.4. The average molecular weight is 265 g/mol. The first-order chi connectivity index (χ1) is 8.96. The summed E-state index contributed by atoms with van der Waals surface area (Å²) in [7, 11) is 1.47. The number of hydrogen-bond donors (Lipinski definition) is 1. The minimum absolute atomic E-state index is 0.213. The molecule has 1 aliphatic carbocycles. The minimum Gasteiger partial charge on any atom is -0.496 e. The molecule has 0 bridgehead atoms. The molecule has 104 valence electrons. The van der Waals surface area contributed by atoms with Crippen LogP contribution in [-0.4, -0.2) is 18.4 Å². The van der Waals surface area contributed by atoms with Crippen molar-refractivity contribution in [2.45, 2.75) is 38.1 Å². The van der Waals surface area contributed by atoms with E-state index in [4.69, 9.17) is 10.5 Å². The Kier molecular flexibility index (Phi) is 3.90. The van der Waals surface area contributed by atoms with Gasteiger partial charge in [-0.2, -0.15) is 0 Å². The number of Topliss-reactive ketones (excluding diaryl/α,β-unsaturated/α-hetero) is 1. The lowest BCUT2D eigenvalue weighted by atomic mass is 9.73. The molecule has 1 saturated carbocycles. The maximum Gasteiger partial charge on any atom is 0.186 e. The molecule has 0 spiro atoms. The first kappa shape index (κ1) is 14.0. The molecular formula is C15H20FNO2. The monoisotopic (exact) mass is 265 g/mol. The molecule has 19 heavy (non-hydrogen) atoms. The van der Waals surface area contributed by atoms with Gasteiger partial charge in [0.15, 0.2) is 5.78 Å². The summed E-state index contributed by atoms with van der Waals surface area (Å²) in [6.45, 7) is 2.09. The third kappa shape index (κ3) is 2.78. The largest absolute Gasteiger partial charge is 0.496 e. The Labute approximate surface area is 112 Å². The van der Waals surface area contributed by atoms with E-state index >= 15 is 0 Å². The highest BCUT2D eigenvalue weighted by Crippen LogP contribution is 2.35. The molecule has 0 aromatic heterocycles. The van der Waals surface area contributed by atoms with Crippen LogP contribution in [0.3, 0.4) is 0 Å². The van der Waals surface area contributed by atoms with E-state index in [9.17, 15) is 9.18 Å². The van der Waals surface area contributed by atoms with Gasteiger partial charge in [0.1, 0.15) is 11.6 Å². The number of carbonyl (C=O) groups is 1. The van der Waals surface area contributed by atoms with E-state index in [1.54, 1.807) is 0 Å². The van der Waals surface area contributed by atoms with Gasteiger partial charge in [-0.25, -0.2) is 4.39 Å². The maximum atomic E-state index is 13.4. The van der Waals surface area contributed by atoms with Gasteiger partial charge in [0.25, 0.3) is 0 Å². The molecule has 1 fully saturated rings. The first-order valence-electron chi connectivity index (χ1n) is 6.63. The van der Waals surface area contributed by atoms with Crippen LogP contribution in [0.15, 0.2) is 18.2 Å². The summed E-state index contributed by atoms with van der Waals surface area (Å²) in [5.41, 5.74) is 5.63. The third-order valence-electron chi connectivity index (χ3n) is 3.89. The average Bonchev–Trinajstić information content (AvgIpc) is 2.37. The second-order valence-corrected chi connectivity index (χ2v) is 5.53. The zero-order chi connectivity index (χ0) is 14.0. The molecule has 2 atom stereocenters. The molecule has 2 N–H and O–H groups in total. The molecule has 1 aromatic rings. The summed E-state index contributed by atoms with van der Waals surface area (Å²) in [4.78, 5) is 12.6. The Morgan fingerprint density at radius 3 is 2.89 bits per heavy atom. The normalized spacial score (nSPS) is 27.1. The van der Waals surface area contributed by atoms with Crippen LogP contribution in [0.25, 0.3) is 0 Å². The van der Waals surface area contributed by atoms with Crippen molar-refractivity contribution in [3.63, 3.8) is 0 Å². The van der Waals surface area contributed by atoms with Gasteiger partial charge < -0.3 is 10.5 Å². The van der Waals surface area contributed by atoms with Gasteiger partial charge in [-0.15, -0.1) is 0 Å². The highest BCUT2D eigenvalue weighted by Gasteiger charge is 2.39. The van der Waals surface area contributed by atoms with Crippen LogP contribution in [-0.2, 0) is 0 Å². The van der Waals surface area contributed by atoms with Gasteiger partial charge >= 0.3 is 0 Å². The fraction of sp³-hybridized carbons (Fsp3) is 0.533. The van der Waals surface area contributed by atoms with Gasteiger partial charge in [0.05, 0.1) is 18.2 Å². The number of nitrogens with two attached hydrogens (primary N) is 1. The lowest BCUT2D eigenvalue weighted by Crippen LogP contribution is -2.51. The third-order valence-corrected chi connectivity index (χ3v) is 3.89. The first-order valence-corrected chi connectivity index (χ1v) is 6.63. The number of ketones is 1. The van der Waals surface area contributed by atoms with Crippen molar-refractivity contribution in [2.24, 2.45) is 11.7 Å².